The highest BCUT2D eigenvalue weighted by Crippen LogP contribution is 2.38. The molecule has 312 valence electrons. The van der Waals surface area contributed by atoms with E-state index in [4.69, 9.17) is 18.5 Å². The number of phosphoric ester groups is 1. The molecule has 0 aromatic carbocycles. The van der Waals surface area contributed by atoms with E-state index < -0.39 is 32.5 Å². The van der Waals surface area contributed by atoms with Crippen molar-refractivity contribution < 1.29 is 42.1 Å². The third-order valence-corrected chi connectivity index (χ3v) is 9.52. The summed E-state index contributed by atoms with van der Waals surface area (Å²) >= 11 is 0. The number of ether oxygens (including phenoxy) is 2. The van der Waals surface area contributed by atoms with Gasteiger partial charge in [0.1, 0.15) is 19.8 Å². The van der Waals surface area contributed by atoms with E-state index in [2.05, 4.69) is 74.6 Å². The highest BCUT2D eigenvalue weighted by Gasteiger charge is 2.21. The molecule has 0 aliphatic heterocycles. The number of unbranched alkanes of at least 4 members (excludes halogenated alkanes) is 13. The predicted molar refractivity (Wildman–Crippen MR) is 222 cm³/mol. The summed E-state index contributed by atoms with van der Waals surface area (Å²) in [6.45, 7) is 4.05. The Hall–Kier alpha value is -2.29. The largest absolute Gasteiger partial charge is 0.756 e. The van der Waals surface area contributed by atoms with E-state index in [1.807, 2.05) is 21.1 Å². The SMILES string of the molecule is CC/C=C\C/C=C\C/C=C\C/C=C\C/C=C\CCCCCCCC(=O)OC(COC(=O)CCCCCCCCCCC)COP(=O)([O-])OCC[N+](C)(C)C. The maximum absolute atomic E-state index is 12.6. The molecule has 9 nitrogen and oxygen atoms in total. The zero-order valence-electron chi connectivity index (χ0n) is 34.9. The average molecular weight is 780 g/mol. The molecule has 0 radical (unpaired) electrons. The number of rotatable bonds is 37. The van der Waals surface area contributed by atoms with Crippen LogP contribution in [0, 0.1) is 0 Å². The fraction of sp³-hybridized carbons (Fsp3) is 0.727. The van der Waals surface area contributed by atoms with Gasteiger partial charge in [0.25, 0.3) is 7.82 Å². The van der Waals surface area contributed by atoms with Gasteiger partial charge in [-0.1, -0.05) is 145 Å². The second-order valence-electron chi connectivity index (χ2n) is 15.0. The van der Waals surface area contributed by atoms with Crippen molar-refractivity contribution in [3.63, 3.8) is 0 Å². The Morgan fingerprint density at radius 1 is 0.593 bits per heavy atom. The molecular formula is C44H78NO8P. The Balaban J connectivity index is 4.37. The molecule has 0 amide bonds. The first-order valence-electron chi connectivity index (χ1n) is 21.0. The molecule has 0 saturated carbocycles. The lowest BCUT2D eigenvalue weighted by Gasteiger charge is -2.28. The first-order valence-corrected chi connectivity index (χ1v) is 22.5. The summed E-state index contributed by atoms with van der Waals surface area (Å²) < 4.78 is 33.8. The minimum atomic E-state index is -4.63. The Kier molecular flexibility index (Phi) is 34.8. The van der Waals surface area contributed by atoms with E-state index in [1.54, 1.807) is 0 Å². The van der Waals surface area contributed by atoms with Crippen molar-refractivity contribution in [1.82, 2.24) is 0 Å². The Bertz CT molecular complexity index is 1110. The lowest BCUT2D eigenvalue weighted by molar-refractivity contribution is -0.870. The van der Waals surface area contributed by atoms with Crippen LogP contribution in [-0.2, 0) is 32.7 Å². The van der Waals surface area contributed by atoms with Gasteiger partial charge in [-0.2, -0.15) is 0 Å². The third-order valence-electron chi connectivity index (χ3n) is 8.55. The van der Waals surface area contributed by atoms with Crippen LogP contribution in [0.2, 0.25) is 0 Å². The molecule has 0 aliphatic carbocycles. The molecule has 54 heavy (non-hydrogen) atoms. The summed E-state index contributed by atoms with van der Waals surface area (Å²) in [6, 6.07) is 0. The molecule has 2 atom stereocenters. The lowest BCUT2D eigenvalue weighted by Crippen LogP contribution is -2.37. The van der Waals surface area contributed by atoms with E-state index in [0.717, 1.165) is 83.5 Å². The van der Waals surface area contributed by atoms with Gasteiger partial charge in [-0.25, -0.2) is 0 Å². The number of hydrogen-bond donors (Lipinski definition) is 0. The minimum Gasteiger partial charge on any atom is -0.756 e. The van der Waals surface area contributed by atoms with E-state index >= 15 is 0 Å². The maximum Gasteiger partial charge on any atom is 0.306 e. The first kappa shape index (κ1) is 51.7. The molecule has 0 aromatic heterocycles. The molecule has 0 heterocycles. The summed E-state index contributed by atoms with van der Waals surface area (Å²) in [5, 5.41) is 0. The van der Waals surface area contributed by atoms with Crippen LogP contribution in [0.15, 0.2) is 60.8 Å². The predicted octanol–water partition coefficient (Wildman–Crippen LogP) is 11.1. The number of quaternary nitrogens is 1. The summed E-state index contributed by atoms with van der Waals surface area (Å²) in [4.78, 5) is 37.4. The topological polar surface area (TPSA) is 111 Å². The van der Waals surface area contributed by atoms with Crippen molar-refractivity contribution in [1.29, 1.82) is 0 Å². The van der Waals surface area contributed by atoms with E-state index in [-0.39, 0.29) is 26.1 Å². The van der Waals surface area contributed by atoms with Crippen molar-refractivity contribution in [2.45, 2.75) is 161 Å². The van der Waals surface area contributed by atoms with Crippen LogP contribution in [0.4, 0.5) is 0 Å². The van der Waals surface area contributed by atoms with Crippen LogP contribution >= 0.6 is 7.82 Å². The zero-order valence-corrected chi connectivity index (χ0v) is 35.8. The molecule has 10 heteroatoms. The van der Waals surface area contributed by atoms with Gasteiger partial charge >= 0.3 is 11.9 Å². The van der Waals surface area contributed by atoms with Crippen molar-refractivity contribution in [2.24, 2.45) is 0 Å². The number of esters is 2. The Morgan fingerprint density at radius 3 is 1.57 bits per heavy atom. The van der Waals surface area contributed by atoms with Gasteiger partial charge in [-0.15, -0.1) is 0 Å². The van der Waals surface area contributed by atoms with Crippen LogP contribution < -0.4 is 4.89 Å². The monoisotopic (exact) mass is 780 g/mol. The van der Waals surface area contributed by atoms with Gasteiger partial charge in [0, 0.05) is 12.8 Å². The molecule has 0 aliphatic rings. The molecule has 2 unspecified atom stereocenters. The van der Waals surface area contributed by atoms with Gasteiger partial charge in [-0.3, -0.25) is 14.2 Å². The van der Waals surface area contributed by atoms with Crippen LogP contribution in [-0.4, -0.2) is 70.0 Å². The standard InChI is InChI=1S/C44H78NO8P/c1-6-8-10-12-14-16-17-18-19-20-21-22-23-24-25-26-27-29-31-33-35-37-44(47)53-42(41-52-54(48,49)51-39-38-45(3,4)5)40-50-43(46)36-34-32-30-28-15-13-11-9-7-2/h8,10,14,16,18-19,21-22,24-25,42H,6-7,9,11-13,15,17,20,23,26-41H2,1-5H3/b10-8-,16-14-,19-18-,22-21-,25-24-. The summed E-state index contributed by atoms with van der Waals surface area (Å²) in [5.41, 5.74) is 0. The van der Waals surface area contributed by atoms with Crippen molar-refractivity contribution >= 4 is 19.8 Å². The minimum absolute atomic E-state index is 0.0369. The first-order chi connectivity index (χ1) is 26.0. The number of hydrogen-bond acceptors (Lipinski definition) is 8. The summed E-state index contributed by atoms with van der Waals surface area (Å²) in [7, 11) is 1.14. The number of carbonyl (C=O) groups is 2. The van der Waals surface area contributed by atoms with E-state index in [1.165, 1.54) is 38.5 Å². The zero-order chi connectivity index (χ0) is 40.0. The molecule has 0 N–H and O–H groups in total. The summed E-state index contributed by atoms with van der Waals surface area (Å²) in [6.07, 6.45) is 42.5. The molecule has 0 saturated heterocycles. The smallest absolute Gasteiger partial charge is 0.306 e. The van der Waals surface area contributed by atoms with Gasteiger partial charge in [-0.05, 0) is 57.8 Å². The highest BCUT2D eigenvalue weighted by molar-refractivity contribution is 7.45. The van der Waals surface area contributed by atoms with Crippen molar-refractivity contribution in [2.75, 3.05) is 47.5 Å². The van der Waals surface area contributed by atoms with Crippen molar-refractivity contribution in [3.05, 3.63) is 60.8 Å². The Labute approximate surface area is 330 Å². The van der Waals surface area contributed by atoms with Crippen LogP contribution in [0.3, 0.4) is 0 Å². The fourth-order valence-corrected chi connectivity index (χ4v) is 6.00. The van der Waals surface area contributed by atoms with Gasteiger partial charge in [0.05, 0.1) is 27.7 Å². The average Bonchev–Trinajstić information content (AvgIpc) is 3.12. The molecule has 0 bridgehead atoms. The molecular weight excluding hydrogens is 701 g/mol. The second kappa shape index (κ2) is 36.4. The van der Waals surface area contributed by atoms with Crippen LogP contribution in [0.5, 0.6) is 0 Å². The van der Waals surface area contributed by atoms with Gasteiger partial charge in [0.15, 0.2) is 6.10 Å². The quantitative estimate of drug-likeness (QED) is 0.0201. The van der Waals surface area contributed by atoms with E-state index in [0.29, 0.717) is 17.4 Å². The number of likely N-dealkylation sites (N-methyl/N-ethyl adjacent to an activating group) is 1. The number of carbonyl (C=O) groups excluding carboxylic acids is 2. The van der Waals surface area contributed by atoms with Gasteiger partial charge in [0.2, 0.25) is 0 Å². The molecule has 0 spiro atoms. The second-order valence-corrected chi connectivity index (χ2v) is 16.4. The van der Waals surface area contributed by atoms with Crippen LogP contribution in [0.25, 0.3) is 0 Å². The van der Waals surface area contributed by atoms with Crippen molar-refractivity contribution in [3.8, 4) is 0 Å². The van der Waals surface area contributed by atoms with Crippen LogP contribution in [0.1, 0.15) is 155 Å². The normalized spacial score (nSPS) is 14.3. The number of nitrogens with zero attached hydrogens (tertiary/aromatic N) is 1. The van der Waals surface area contributed by atoms with Gasteiger partial charge < -0.3 is 27.9 Å². The fourth-order valence-electron chi connectivity index (χ4n) is 5.27. The highest BCUT2D eigenvalue weighted by atomic mass is 31.2. The third kappa shape index (κ3) is 39.4. The summed E-state index contributed by atoms with van der Waals surface area (Å²) in [5.74, 6) is -0.864. The van der Waals surface area contributed by atoms with E-state index in [9.17, 15) is 19.0 Å². The number of allylic oxidation sites excluding steroid dienone is 10. The number of phosphoric acid groups is 1. The molecule has 0 fully saturated rings. The molecule has 0 aromatic rings. The Morgan fingerprint density at radius 2 is 1.06 bits per heavy atom. The molecule has 0 rings (SSSR count). The maximum atomic E-state index is 12.6. The lowest BCUT2D eigenvalue weighted by atomic mass is 10.1.